The molecule has 21 heavy (non-hydrogen) atoms. The van der Waals surface area contributed by atoms with Gasteiger partial charge in [-0.25, -0.2) is 0 Å². The highest BCUT2D eigenvalue weighted by atomic mass is 16.5. The van der Waals surface area contributed by atoms with Crippen LogP contribution in [0.15, 0.2) is 0 Å². The number of ether oxygens (including phenoxy) is 1. The van der Waals surface area contributed by atoms with Gasteiger partial charge >= 0.3 is 0 Å². The molecule has 0 aromatic rings. The molecule has 0 radical (unpaired) electrons. The van der Waals surface area contributed by atoms with E-state index in [1.165, 1.54) is 25.9 Å². The summed E-state index contributed by atoms with van der Waals surface area (Å²) in [5, 5.41) is 13.3. The molecular formula is C17H36N2O2. The lowest BCUT2D eigenvalue weighted by Gasteiger charge is -2.35. The first-order valence-corrected chi connectivity index (χ1v) is 8.77. The third-order valence-electron chi connectivity index (χ3n) is 4.86. The zero-order valence-corrected chi connectivity index (χ0v) is 14.4. The van der Waals surface area contributed by atoms with Crippen LogP contribution in [0.1, 0.15) is 52.4 Å². The number of rotatable bonds is 11. The molecule has 1 aliphatic heterocycles. The Labute approximate surface area is 131 Å². The molecule has 1 rings (SSSR count). The molecule has 1 heterocycles. The summed E-state index contributed by atoms with van der Waals surface area (Å²) in [6, 6.07) is 0. The first kappa shape index (κ1) is 18.9. The van der Waals surface area contributed by atoms with Crippen molar-refractivity contribution in [3.05, 3.63) is 0 Å². The van der Waals surface area contributed by atoms with Gasteiger partial charge in [0.1, 0.15) is 0 Å². The molecular weight excluding hydrogens is 264 g/mol. The Balaban J connectivity index is 2.32. The van der Waals surface area contributed by atoms with E-state index in [0.29, 0.717) is 5.92 Å². The van der Waals surface area contributed by atoms with Crippen LogP contribution in [0.2, 0.25) is 0 Å². The van der Waals surface area contributed by atoms with Crippen molar-refractivity contribution in [2.45, 2.75) is 57.9 Å². The van der Waals surface area contributed by atoms with Gasteiger partial charge in [0, 0.05) is 19.2 Å². The van der Waals surface area contributed by atoms with E-state index >= 15 is 0 Å². The van der Waals surface area contributed by atoms with Gasteiger partial charge in [0.2, 0.25) is 0 Å². The molecule has 2 atom stereocenters. The first-order valence-electron chi connectivity index (χ1n) is 8.77. The molecule has 0 aromatic carbocycles. The fraction of sp³-hybridized carbons (Fsp3) is 1.00. The van der Waals surface area contributed by atoms with Crippen molar-refractivity contribution in [1.29, 1.82) is 0 Å². The monoisotopic (exact) mass is 300 g/mol. The smallest absolute Gasteiger partial charge is 0.0613 e. The number of aliphatic hydroxyl groups excluding tert-OH is 1. The van der Waals surface area contributed by atoms with Crippen molar-refractivity contribution in [2.75, 3.05) is 46.5 Å². The Morgan fingerprint density at radius 2 is 2.19 bits per heavy atom. The maximum Gasteiger partial charge on any atom is 0.0613 e. The summed E-state index contributed by atoms with van der Waals surface area (Å²) in [4.78, 5) is 2.57. The van der Waals surface area contributed by atoms with Gasteiger partial charge in [-0.1, -0.05) is 13.8 Å². The van der Waals surface area contributed by atoms with Crippen LogP contribution in [-0.2, 0) is 4.74 Å². The second-order valence-electron chi connectivity index (χ2n) is 6.59. The minimum Gasteiger partial charge on any atom is -0.394 e. The molecule has 2 unspecified atom stereocenters. The normalized spacial score (nSPS) is 23.1. The summed E-state index contributed by atoms with van der Waals surface area (Å²) in [6.45, 7) is 10.0. The maximum absolute atomic E-state index is 9.76. The Morgan fingerprint density at radius 1 is 1.38 bits per heavy atom. The van der Waals surface area contributed by atoms with Crippen molar-refractivity contribution in [1.82, 2.24) is 10.2 Å². The molecule has 2 N–H and O–H groups in total. The highest BCUT2D eigenvalue weighted by Crippen LogP contribution is 2.20. The average Bonchev–Trinajstić information content (AvgIpc) is 2.52. The molecule has 0 bridgehead atoms. The topological polar surface area (TPSA) is 44.7 Å². The summed E-state index contributed by atoms with van der Waals surface area (Å²) < 4.78 is 5.30. The van der Waals surface area contributed by atoms with E-state index < -0.39 is 0 Å². The van der Waals surface area contributed by atoms with E-state index in [1.807, 2.05) is 0 Å². The van der Waals surface area contributed by atoms with Crippen LogP contribution in [0.5, 0.6) is 0 Å². The standard InChI is InChI=1S/C17H36N2O2/c1-4-10-18-17(5-2,15-20)9-7-12-19-11-6-8-16(13-19)14-21-3/h16,18,20H,4-15H2,1-3H3. The summed E-state index contributed by atoms with van der Waals surface area (Å²) >= 11 is 0. The quantitative estimate of drug-likeness (QED) is 0.614. The molecule has 4 heteroatoms. The van der Waals surface area contributed by atoms with E-state index in [0.717, 1.165) is 45.4 Å². The van der Waals surface area contributed by atoms with Gasteiger partial charge in [-0.3, -0.25) is 0 Å². The third kappa shape index (κ3) is 6.64. The van der Waals surface area contributed by atoms with Gasteiger partial charge in [0.05, 0.1) is 13.2 Å². The van der Waals surface area contributed by atoms with E-state index in [1.54, 1.807) is 7.11 Å². The molecule has 0 saturated carbocycles. The number of likely N-dealkylation sites (tertiary alicyclic amines) is 1. The van der Waals surface area contributed by atoms with Crippen molar-refractivity contribution in [3.63, 3.8) is 0 Å². The molecule has 0 amide bonds. The largest absolute Gasteiger partial charge is 0.394 e. The average molecular weight is 300 g/mol. The SMILES string of the molecule is CCCNC(CC)(CO)CCCN1CCCC(COC)C1. The lowest BCUT2D eigenvalue weighted by molar-refractivity contribution is 0.0854. The van der Waals surface area contributed by atoms with Gasteiger partial charge in [-0.15, -0.1) is 0 Å². The van der Waals surface area contributed by atoms with Gasteiger partial charge in [-0.2, -0.15) is 0 Å². The van der Waals surface area contributed by atoms with Crippen molar-refractivity contribution in [3.8, 4) is 0 Å². The summed E-state index contributed by atoms with van der Waals surface area (Å²) in [6.07, 6.45) is 6.93. The molecule has 0 aromatic heterocycles. The lowest BCUT2D eigenvalue weighted by Crippen LogP contribution is -2.49. The second kappa shape index (κ2) is 10.5. The van der Waals surface area contributed by atoms with E-state index in [-0.39, 0.29) is 12.1 Å². The molecule has 0 spiro atoms. The number of methoxy groups -OCH3 is 1. The van der Waals surface area contributed by atoms with Crippen LogP contribution in [0.4, 0.5) is 0 Å². The highest BCUT2D eigenvalue weighted by molar-refractivity contribution is 4.86. The number of nitrogens with zero attached hydrogens (tertiary/aromatic N) is 1. The van der Waals surface area contributed by atoms with Crippen LogP contribution in [0.25, 0.3) is 0 Å². The highest BCUT2D eigenvalue weighted by Gasteiger charge is 2.26. The fourth-order valence-electron chi connectivity index (χ4n) is 3.39. The molecule has 126 valence electrons. The van der Waals surface area contributed by atoms with Gasteiger partial charge in [0.15, 0.2) is 0 Å². The zero-order valence-electron chi connectivity index (χ0n) is 14.4. The number of piperidine rings is 1. The van der Waals surface area contributed by atoms with Crippen molar-refractivity contribution >= 4 is 0 Å². The van der Waals surface area contributed by atoms with E-state index in [9.17, 15) is 5.11 Å². The Kier molecular flexibility index (Phi) is 9.49. The molecule has 1 fully saturated rings. The Morgan fingerprint density at radius 3 is 2.81 bits per heavy atom. The summed E-state index contributed by atoms with van der Waals surface area (Å²) in [7, 11) is 1.80. The van der Waals surface area contributed by atoms with E-state index in [4.69, 9.17) is 4.74 Å². The minimum atomic E-state index is -0.0717. The van der Waals surface area contributed by atoms with Crippen molar-refractivity contribution < 1.29 is 9.84 Å². The predicted molar refractivity (Wildman–Crippen MR) is 88.7 cm³/mol. The molecule has 4 nitrogen and oxygen atoms in total. The fourth-order valence-corrected chi connectivity index (χ4v) is 3.39. The van der Waals surface area contributed by atoms with Crippen LogP contribution >= 0.6 is 0 Å². The van der Waals surface area contributed by atoms with Crippen LogP contribution in [0.3, 0.4) is 0 Å². The number of nitrogens with one attached hydrogen (secondary N) is 1. The van der Waals surface area contributed by atoms with E-state index in [2.05, 4.69) is 24.1 Å². The minimum absolute atomic E-state index is 0.0717. The zero-order chi connectivity index (χ0) is 15.6. The summed E-state index contributed by atoms with van der Waals surface area (Å²) in [5.41, 5.74) is -0.0717. The second-order valence-corrected chi connectivity index (χ2v) is 6.59. The third-order valence-corrected chi connectivity index (χ3v) is 4.86. The molecule has 0 aliphatic carbocycles. The van der Waals surface area contributed by atoms with Gasteiger partial charge < -0.3 is 20.1 Å². The Bertz CT molecular complexity index is 255. The summed E-state index contributed by atoms with van der Waals surface area (Å²) in [5.74, 6) is 0.704. The number of aliphatic hydroxyl groups is 1. The van der Waals surface area contributed by atoms with Crippen LogP contribution < -0.4 is 5.32 Å². The maximum atomic E-state index is 9.76. The molecule has 1 aliphatic rings. The Hall–Kier alpha value is -0.160. The van der Waals surface area contributed by atoms with Crippen LogP contribution in [-0.4, -0.2) is 62.0 Å². The first-order chi connectivity index (χ1) is 10.2. The lowest BCUT2D eigenvalue weighted by atomic mass is 9.90. The van der Waals surface area contributed by atoms with Gasteiger partial charge in [-0.05, 0) is 64.1 Å². The number of hydrogen-bond donors (Lipinski definition) is 2. The number of hydrogen-bond acceptors (Lipinski definition) is 4. The van der Waals surface area contributed by atoms with Crippen LogP contribution in [0, 0.1) is 5.92 Å². The molecule has 1 saturated heterocycles. The van der Waals surface area contributed by atoms with Crippen molar-refractivity contribution in [2.24, 2.45) is 5.92 Å². The predicted octanol–water partition coefficient (Wildman–Crippen LogP) is 2.27. The van der Waals surface area contributed by atoms with Gasteiger partial charge in [0.25, 0.3) is 0 Å².